The Morgan fingerprint density at radius 1 is 1.21 bits per heavy atom. The summed E-state index contributed by atoms with van der Waals surface area (Å²) in [6, 6.07) is 15.4. The van der Waals surface area contributed by atoms with Crippen LogP contribution >= 0.6 is 0 Å². The summed E-state index contributed by atoms with van der Waals surface area (Å²) in [5, 5.41) is 9.80. The molecule has 126 valence electrons. The number of piperidine rings is 1. The summed E-state index contributed by atoms with van der Waals surface area (Å²) in [5.41, 5.74) is 2.83. The molecule has 2 aromatic rings. The molecule has 1 fully saturated rings. The maximum Gasteiger partial charge on any atom is 0.257 e. The van der Waals surface area contributed by atoms with E-state index >= 15 is 0 Å². The Morgan fingerprint density at radius 2 is 1.96 bits per heavy atom. The minimum Gasteiger partial charge on any atom is -0.488 e. The molecule has 0 saturated carbocycles. The lowest BCUT2D eigenvalue weighted by Gasteiger charge is -2.30. The number of benzene rings is 2. The third kappa shape index (κ3) is 3.77. The van der Waals surface area contributed by atoms with Crippen molar-refractivity contribution < 1.29 is 14.6 Å². The van der Waals surface area contributed by atoms with Gasteiger partial charge in [0.25, 0.3) is 5.91 Å². The number of nitrogens with zero attached hydrogens (tertiary/aromatic N) is 1. The summed E-state index contributed by atoms with van der Waals surface area (Å²) in [7, 11) is 0. The van der Waals surface area contributed by atoms with Gasteiger partial charge in [0.15, 0.2) is 0 Å². The minimum atomic E-state index is -0.428. The van der Waals surface area contributed by atoms with Gasteiger partial charge in [0.2, 0.25) is 0 Å². The molecule has 1 aliphatic heterocycles. The fourth-order valence-electron chi connectivity index (χ4n) is 3.01. The molecule has 3 rings (SSSR count). The predicted molar refractivity (Wildman–Crippen MR) is 93.1 cm³/mol. The number of β-amino-alcohol motifs (C(OH)–C–C–N with tert-alkyl or cyclic N) is 1. The van der Waals surface area contributed by atoms with Crippen LogP contribution in [0.25, 0.3) is 0 Å². The standard InChI is InChI=1S/C20H23NO3/c1-15-7-2-3-8-16(15)14-24-19-11-5-4-10-18(19)20(23)21-12-6-9-17(22)13-21/h2-5,7-8,10-11,17,22H,6,9,12-14H2,1H3. The van der Waals surface area contributed by atoms with Crippen LogP contribution in [0.4, 0.5) is 0 Å². The van der Waals surface area contributed by atoms with Crippen molar-refractivity contribution in [2.24, 2.45) is 0 Å². The largest absolute Gasteiger partial charge is 0.488 e. The number of ether oxygens (including phenoxy) is 1. The minimum absolute atomic E-state index is 0.0749. The van der Waals surface area contributed by atoms with Crippen molar-refractivity contribution in [1.29, 1.82) is 0 Å². The molecule has 1 aliphatic rings. The van der Waals surface area contributed by atoms with Gasteiger partial charge in [-0.05, 0) is 43.0 Å². The lowest BCUT2D eigenvalue weighted by Crippen LogP contribution is -2.42. The van der Waals surface area contributed by atoms with E-state index < -0.39 is 6.10 Å². The van der Waals surface area contributed by atoms with Crippen LogP contribution in [0.5, 0.6) is 5.75 Å². The lowest BCUT2D eigenvalue weighted by atomic mass is 10.1. The van der Waals surface area contributed by atoms with Crippen molar-refractivity contribution in [3.63, 3.8) is 0 Å². The van der Waals surface area contributed by atoms with Gasteiger partial charge in [-0.3, -0.25) is 4.79 Å². The van der Waals surface area contributed by atoms with Gasteiger partial charge in [-0.15, -0.1) is 0 Å². The van der Waals surface area contributed by atoms with Crippen LogP contribution in [0.15, 0.2) is 48.5 Å². The first-order valence-corrected chi connectivity index (χ1v) is 8.39. The van der Waals surface area contributed by atoms with Crippen LogP contribution in [0.2, 0.25) is 0 Å². The van der Waals surface area contributed by atoms with Gasteiger partial charge >= 0.3 is 0 Å². The van der Waals surface area contributed by atoms with E-state index in [1.165, 1.54) is 5.56 Å². The number of para-hydroxylation sites is 1. The van der Waals surface area contributed by atoms with E-state index in [9.17, 15) is 9.90 Å². The molecule has 4 heteroatoms. The number of carbonyl (C=O) groups is 1. The third-order valence-electron chi connectivity index (χ3n) is 4.45. The van der Waals surface area contributed by atoms with Crippen LogP contribution in [-0.4, -0.2) is 35.1 Å². The van der Waals surface area contributed by atoms with Gasteiger partial charge in [0, 0.05) is 13.1 Å². The van der Waals surface area contributed by atoms with Crippen LogP contribution in [0.3, 0.4) is 0 Å². The topological polar surface area (TPSA) is 49.8 Å². The van der Waals surface area contributed by atoms with Crippen molar-refractivity contribution in [2.75, 3.05) is 13.1 Å². The first-order chi connectivity index (χ1) is 11.6. The highest BCUT2D eigenvalue weighted by Crippen LogP contribution is 2.23. The molecular formula is C20H23NO3. The Labute approximate surface area is 142 Å². The van der Waals surface area contributed by atoms with E-state index in [0.29, 0.717) is 31.0 Å². The number of carbonyl (C=O) groups excluding carboxylic acids is 1. The second-order valence-corrected chi connectivity index (χ2v) is 6.26. The molecule has 0 spiro atoms. The maximum absolute atomic E-state index is 12.8. The number of amides is 1. The summed E-state index contributed by atoms with van der Waals surface area (Å²) in [6.07, 6.45) is 1.16. The molecule has 0 bridgehead atoms. The number of aliphatic hydroxyl groups is 1. The maximum atomic E-state index is 12.8. The highest BCUT2D eigenvalue weighted by atomic mass is 16.5. The summed E-state index contributed by atoms with van der Waals surface area (Å²) in [5.74, 6) is 0.514. The first kappa shape index (κ1) is 16.5. The molecule has 2 aromatic carbocycles. The number of rotatable bonds is 4. The zero-order valence-corrected chi connectivity index (χ0v) is 13.9. The van der Waals surface area contributed by atoms with Gasteiger partial charge in [-0.1, -0.05) is 36.4 Å². The molecule has 0 aromatic heterocycles. The summed E-state index contributed by atoms with van der Waals surface area (Å²) in [4.78, 5) is 14.5. The fourth-order valence-corrected chi connectivity index (χ4v) is 3.01. The average molecular weight is 325 g/mol. The second kappa shape index (κ2) is 7.49. The van der Waals surface area contributed by atoms with Crippen molar-refractivity contribution in [3.05, 3.63) is 65.2 Å². The van der Waals surface area contributed by atoms with Gasteiger partial charge < -0.3 is 14.7 Å². The molecule has 0 aliphatic carbocycles. The SMILES string of the molecule is Cc1ccccc1COc1ccccc1C(=O)N1CCCC(O)C1. The van der Waals surface area contributed by atoms with Gasteiger partial charge in [-0.2, -0.15) is 0 Å². The monoisotopic (exact) mass is 325 g/mol. The van der Waals surface area contributed by atoms with Crippen molar-refractivity contribution in [3.8, 4) is 5.75 Å². The highest BCUT2D eigenvalue weighted by Gasteiger charge is 2.25. The molecule has 1 N–H and O–H groups in total. The Bertz CT molecular complexity index is 714. The molecule has 1 amide bonds. The number of hydrogen-bond acceptors (Lipinski definition) is 3. The van der Waals surface area contributed by atoms with Gasteiger partial charge in [0.05, 0.1) is 11.7 Å². The normalized spacial score (nSPS) is 17.6. The lowest BCUT2D eigenvalue weighted by molar-refractivity contribution is 0.0470. The number of aryl methyl sites for hydroxylation is 1. The van der Waals surface area contributed by atoms with Crippen molar-refractivity contribution in [1.82, 2.24) is 4.90 Å². The molecule has 1 atom stereocenters. The summed E-state index contributed by atoms with van der Waals surface area (Å²) < 4.78 is 5.93. The quantitative estimate of drug-likeness (QED) is 0.939. The average Bonchev–Trinajstić information content (AvgIpc) is 2.61. The van der Waals surface area contributed by atoms with E-state index in [4.69, 9.17) is 4.74 Å². The van der Waals surface area contributed by atoms with E-state index in [0.717, 1.165) is 18.4 Å². The second-order valence-electron chi connectivity index (χ2n) is 6.26. The van der Waals surface area contributed by atoms with Crippen LogP contribution in [0, 0.1) is 6.92 Å². The first-order valence-electron chi connectivity index (χ1n) is 8.39. The number of hydrogen-bond donors (Lipinski definition) is 1. The molecule has 24 heavy (non-hydrogen) atoms. The van der Waals surface area contributed by atoms with E-state index in [1.807, 2.05) is 49.4 Å². The fraction of sp³-hybridized carbons (Fsp3) is 0.350. The number of aliphatic hydroxyl groups excluding tert-OH is 1. The molecule has 1 heterocycles. The molecular weight excluding hydrogens is 302 g/mol. The molecule has 4 nitrogen and oxygen atoms in total. The molecule has 1 saturated heterocycles. The van der Waals surface area contributed by atoms with Crippen LogP contribution in [0.1, 0.15) is 34.3 Å². The van der Waals surface area contributed by atoms with Crippen molar-refractivity contribution in [2.45, 2.75) is 32.5 Å². The molecule has 1 unspecified atom stereocenters. The van der Waals surface area contributed by atoms with Gasteiger partial charge in [0.1, 0.15) is 12.4 Å². The molecule has 0 radical (unpaired) electrons. The van der Waals surface area contributed by atoms with Crippen LogP contribution < -0.4 is 4.74 Å². The van der Waals surface area contributed by atoms with Gasteiger partial charge in [-0.25, -0.2) is 0 Å². The van der Waals surface area contributed by atoms with E-state index in [2.05, 4.69) is 0 Å². The zero-order chi connectivity index (χ0) is 16.9. The third-order valence-corrected chi connectivity index (χ3v) is 4.45. The highest BCUT2D eigenvalue weighted by molar-refractivity contribution is 5.97. The smallest absolute Gasteiger partial charge is 0.257 e. The summed E-state index contributed by atoms with van der Waals surface area (Å²) in [6.45, 7) is 3.55. The van der Waals surface area contributed by atoms with Crippen molar-refractivity contribution >= 4 is 5.91 Å². The zero-order valence-electron chi connectivity index (χ0n) is 13.9. The Kier molecular flexibility index (Phi) is 5.16. The van der Waals surface area contributed by atoms with E-state index in [-0.39, 0.29) is 5.91 Å². The van der Waals surface area contributed by atoms with Crippen LogP contribution in [-0.2, 0) is 6.61 Å². The predicted octanol–water partition coefficient (Wildman–Crippen LogP) is 3.17. The Balaban J connectivity index is 1.75. The number of likely N-dealkylation sites (tertiary alicyclic amines) is 1. The van der Waals surface area contributed by atoms with E-state index in [1.54, 1.807) is 11.0 Å². The summed E-state index contributed by atoms with van der Waals surface area (Å²) >= 11 is 0. The Morgan fingerprint density at radius 3 is 2.75 bits per heavy atom. The Hall–Kier alpha value is -2.33.